The number of carbonyl (C=O) groups is 1. The molecule has 0 aromatic rings. The zero-order valence-electron chi connectivity index (χ0n) is 5.83. The summed E-state index contributed by atoms with van der Waals surface area (Å²) < 4.78 is 4.56. The summed E-state index contributed by atoms with van der Waals surface area (Å²) >= 11 is 0. The minimum atomic E-state index is -0.446. The highest BCUT2D eigenvalue weighted by Gasteiger charge is 1.99. The Morgan fingerprint density at radius 3 is 2.80 bits per heavy atom. The van der Waals surface area contributed by atoms with Crippen LogP contribution in [0.1, 0.15) is 6.92 Å². The molecule has 56 valence electrons. The van der Waals surface area contributed by atoms with Crippen LogP contribution in [0.2, 0.25) is 0 Å². The molecular formula is C7H10O3. The molecule has 0 saturated carbocycles. The second kappa shape index (κ2) is 4.61. The van der Waals surface area contributed by atoms with Gasteiger partial charge in [0.25, 0.3) is 0 Å². The lowest BCUT2D eigenvalue weighted by Gasteiger charge is -1.97. The second-order valence-corrected chi connectivity index (χ2v) is 1.76. The molecule has 0 fully saturated rings. The maximum atomic E-state index is 10.6. The van der Waals surface area contributed by atoms with Crippen molar-refractivity contribution < 1.29 is 14.6 Å². The van der Waals surface area contributed by atoms with Crippen molar-refractivity contribution in [3.63, 3.8) is 0 Å². The molecular weight excluding hydrogens is 132 g/mol. The molecule has 0 radical (unpaired) electrons. The minimum absolute atomic E-state index is 0.0855. The van der Waals surface area contributed by atoms with Crippen LogP contribution in [0.5, 0.6) is 0 Å². The lowest BCUT2D eigenvalue weighted by Crippen LogP contribution is -2.04. The molecule has 0 heterocycles. The Bertz CT molecular complexity index is 158. The summed E-state index contributed by atoms with van der Waals surface area (Å²) in [5.41, 5.74) is 0.353. The average molecular weight is 142 g/mol. The highest BCUT2D eigenvalue weighted by Crippen LogP contribution is 1.90. The Morgan fingerprint density at radius 2 is 2.40 bits per heavy atom. The number of carbonyl (C=O) groups excluding carboxylic acids is 1. The largest absolute Gasteiger partial charge is 0.516 e. The molecule has 0 spiro atoms. The lowest BCUT2D eigenvalue weighted by atomic mass is 10.4. The molecule has 0 aliphatic rings. The van der Waals surface area contributed by atoms with Gasteiger partial charge in [-0.05, 0) is 13.0 Å². The number of aliphatic hydroxyl groups is 1. The van der Waals surface area contributed by atoms with E-state index in [4.69, 9.17) is 5.11 Å². The molecule has 3 heteroatoms. The molecule has 0 aliphatic carbocycles. The summed E-state index contributed by atoms with van der Waals surface area (Å²) in [7, 11) is 0. The summed E-state index contributed by atoms with van der Waals surface area (Å²) in [5.74, 6) is -0.446. The molecule has 0 atom stereocenters. The van der Waals surface area contributed by atoms with Crippen LogP contribution >= 0.6 is 0 Å². The Kier molecular flexibility index (Phi) is 4.04. The van der Waals surface area contributed by atoms with E-state index in [1.54, 1.807) is 6.92 Å². The molecule has 0 saturated heterocycles. The Hall–Kier alpha value is -1.25. The van der Waals surface area contributed by atoms with E-state index in [1.165, 1.54) is 6.08 Å². The van der Waals surface area contributed by atoms with Gasteiger partial charge in [-0.1, -0.05) is 6.58 Å². The van der Waals surface area contributed by atoms with E-state index in [1.807, 2.05) is 0 Å². The maximum Gasteiger partial charge on any atom is 0.333 e. The van der Waals surface area contributed by atoms with E-state index in [9.17, 15) is 4.79 Å². The van der Waals surface area contributed by atoms with Gasteiger partial charge in [0, 0.05) is 5.57 Å². The fourth-order valence-electron chi connectivity index (χ4n) is 0.290. The van der Waals surface area contributed by atoms with Gasteiger partial charge in [0.15, 0.2) is 0 Å². The number of hydrogen-bond acceptors (Lipinski definition) is 3. The van der Waals surface area contributed by atoms with E-state index in [-0.39, 0.29) is 6.61 Å². The summed E-state index contributed by atoms with van der Waals surface area (Å²) in [6, 6.07) is 0. The number of esters is 1. The van der Waals surface area contributed by atoms with Crippen LogP contribution in [0, 0.1) is 0 Å². The Morgan fingerprint density at radius 1 is 1.80 bits per heavy atom. The first kappa shape index (κ1) is 8.75. The molecule has 0 amide bonds. The molecule has 0 unspecified atom stereocenters. The summed E-state index contributed by atoms with van der Waals surface area (Å²) in [5, 5.41) is 8.12. The molecule has 0 aromatic heterocycles. The molecule has 3 nitrogen and oxygen atoms in total. The van der Waals surface area contributed by atoms with Crippen LogP contribution in [0.4, 0.5) is 0 Å². The van der Waals surface area contributed by atoms with Gasteiger partial charge in [-0.15, -0.1) is 0 Å². The minimum Gasteiger partial charge on any atom is -0.516 e. The van der Waals surface area contributed by atoms with Crippen LogP contribution in [-0.2, 0) is 9.53 Å². The molecule has 0 rings (SSSR count). The maximum absolute atomic E-state index is 10.6. The third-order valence-corrected chi connectivity index (χ3v) is 0.765. The van der Waals surface area contributed by atoms with Crippen molar-refractivity contribution in [2.75, 3.05) is 6.61 Å². The molecule has 0 bridgehead atoms. The SMILES string of the molecule is C=C(C)C(=O)OCC=CO. The van der Waals surface area contributed by atoms with E-state index < -0.39 is 5.97 Å². The fourth-order valence-corrected chi connectivity index (χ4v) is 0.290. The van der Waals surface area contributed by atoms with Crippen molar-refractivity contribution in [2.45, 2.75) is 6.92 Å². The van der Waals surface area contributed by atoms with Gasteiger partial charge in [-0.2, -0.15) is 0 Å². The Labute approximate surface area is 59.6 Å². The third-order valence-electron chi connectivity index (χ3n) is 0.765. The summed E-state index contributed by atoms with van der Waals surface area (Å²) in [4.78, 5) is 10.6. The van der Waals surface area contributed by atoms with Crippen molar-refractivity contribution in [3.05, 3.63) is 24.5 Å². The summed E-state index contributed by atoms with van der Waals surface area (Å²) in [6.45, 7) is 5.02. The van der Waals surface area contributed by atoms with Crippen LogP contribution < -0.4 is 0 Å². The lowest BCUT2D eigenvalue weighted by molar-refractivity contribution is -0.137. The highest BCUT2D eigenvalue weighted by molar-refractivity contribution is 5.86. The standard InChI is InChI=1S/C7H10O3/c1-6(2)7(9)10-5-3-4-8/h3-4,8H,1,5H2,2H3. The van der Waals surface area contributed by atoms with Gasteiger partial charge in [-0.25, -0.2) is 4.79 Å². The van der Waals surface area contributed by atoms with Crippen LogP contribution in [0.3, 0.4) is 0 Å². The fraction of sp³-hybridized carbons (Fsp3) is 0.286. The van der Waals surface area contributed by atoms with Gasteiger partial charge >= 0.3 is 5.97 Å². The van der Waals surface area contributed by atoms with Gasteiger partial charge in [0.1, 0.15) is 6.61 Å². The number of aliphatic hydroxyl groups excluding tert-OH is 1. The first-order chi connectivity index (χ1) is 4.68. The zero-order valence-corrected chi connectivity index (χ0v) is 5.83. The molecule has 1 N–H and O–H groups in total. The second-order valence-electron chi connectivity index (χ2n) is 1.76. The van der Waals surface area contributed by atoms with Crippen LogP contribution in [0.25, 0.3) is 0 Å². The number of rotatable bonds is 3. The van der Waals surface area contributed by atoms with Gasteiger partial charge in [-0.3, -0.25) is 0 Å². The first-order valence-electron chi connectivity index (χ1n) is 2.80. The molecule has 0 aliphatic heterocycles. The van der Waals surface area contributed by atoms with Crippen molar-refractivity contribution in [1.29, 1.82) is 0 Å². The van der Waals surface area contributed by atoms with Gasteiger partial charge in [0.2, 0.25) is 0 Å². The molecule has 10 heavy (non-hydrogen) atoms. The normalized spacial score (nSPS) is 9.70. The Balaban J connectivity index is 3.50. The van der Waals surface area contributed by atoms with E-state index in [0.717, 1.165) is 6.26 Å². The van der Waals surface area contributed by atoms with Crippen LogP contribution in [-0.4, -0.2) is 17.7 Å². The topological polar surface area (TPSA) is 46.5 Å². The van der Waals surface area contributed by atoms with Crippen molar-refractivity contribution in [2.24, 2.45) is 0 Å². The van der Waals surface area contributed by atoms with Gasteiger partial charge in [0.05, 0.1) is 6.26 Å². The van der Waals surface area contributed by atoms with E-state index >= 15 is 0 Å². The number of ether oxygens (including phenoxy) is 1. The van der Waals surface area contributed by atoms with E-state index in [2.05, 4.69) is 11.3 Å². The average Bonchev–Trinajstić information content (AvgIpc) is 1.88. The van der Waals surface area contributed by atoms with Crippen molar-refractivity contribution in [3.8, 4) is 0 Å². The van der Waals surface area contributed by atoms with Gasteiger partial charge < -0.3 is 9.84 Å². The number of hydrogen-bond donors (Lipinski definition) is 1. The van der Waals surface area contributed by atoms with E-state index in [0.29, 0.717) is 5.57 Å². The summed E-state index contributed by atoms with van der Waals surface area (Å²) in [6.07, 6.45) is 2.15. The predicted molar refractivity (Wildman–Crippen MR) is 37.5 cm³/mol. The predicted octanol–water partition coefficient (Wildman–Crippen LogP) is 1.18. The van der Waals surface area contributed by atoms with Crippen LogP contribution in [0.15, 0.2) is 24.5 Å². The first-order valence-corrected chi connectivity index (χ1v) is 2.80. The zero-order chi connectivity index (χ0) is 7.98. The third kappa shape index (κ3) is 3.72. The van der Waals surface area contributed by atoms with Crippen molar-refractivity contribution >= 4 is 5.97 Å². The highest BCUT2D eigenvalue weighted by atomic mass is 16.5. The monoisotopic (exact) mass is 142 g/mol. The van der Waals surface area contributed by atoms with Crippen molar-refractivity contribution in [1.82, 2.24) is 0 Å². The quantitative estimate of drug-likeness (QED) is 0.365. The smallest absolute Gasteiger partial charge is 0.333 e. The molecule has 0 aromatic carbocycles.